The van der Waals surface area contributed by atoms with E-state index in [-0.39, 0.29) is 37.4 Å². The maximum Gasteiger partial charge on any atom is 0.323 e. The number of phenols is 3. The Labute approximate surface area is 329 Å². The number of nitrogens with zero attached hydrogens (tertiary/aromatic N) is 3. The number of benzene rings is 3. The fraction of sp³-hybridized carbons (Fsp3) is 0.222. The number of aromatic hydroxyl groups is 3. The van der Waals surface area contributed by atoms with Crippen LogP contribution >= 0.6 is 96.9 Å². The molecular formula is C27H27Br6IrN3O9. The van der Waals surface area contributed by atoms with Crippen molar-refractivity contribution in [2.24, 2.45) is 0 Å². The van der Waals surface area contributed by atoms with Crippen LogP contribution in [0, 0.1) is 0 Å². The van der Waals surface area contributed by atoms with Crippen LogP contribution in [0.5, 0.6) is 17.2 Å². The van der Waals surface area contributed by atoms with Crippen molar-refractivity contribution in [1.82, 2.24) is 8.86 Å². The Kier molecular flexibility index (Phi) is 22.7. The zero-order chi connectivity index (χ0) is 34.3. The number of rotatable bonds is 12. The molecular weight excluding hydrogens is 1180 g/mol. The molecule has 0 heterocycles. The van der Waals surface area contributed by atoms with Crippen molar-refractivity contribution in [3.63, 3.8) is 0 Å². The average Bonchev–Trinajstić information content (AvgIpc) is 2.95. The third-order valence-electron chi connectivity index (χ3n) is 5.66. The summed E-state index contributed by atoms with van der Waals surface area (Å²) in [4.78, 5) is 32.6. The molecule has 0 aromatic heterocycles. The summed E-state index contributed by atoms with van der Waals surface area (Å²) >= 11 is 18.2. The normalized spacial score (nSPS) is 12.5. The van der Waals surface area contributed by atoms with Gasteiger partial charge in [-0.25, -0.2) is 0 Å². The summed E-state index contributed by atoms with van der Waals surface area (Å²) in [6, 6.07) is 17.2. The summed E-state index contributed by atoms with van der Waals surface area (Å²) in [5.41, 5.74) is 2.51. The average molecular weight is 1210 g/mol. The molecule has 0 aliphatic heterocycles. The molecule has 46 heavy (non-hydrogen) atoms. The minimum atomic E-state index is -0.933. The van der Waals surface area contributed by atoms with E-state index in [1.807, 2.05) is 0 Å². The largest absolute Gasteiger partial charge is 0.508 e. The summed E-state index contributed by atoms with van der Waals surface area (Å²) in [5, 5.41) is 53.9. The molecule has 0 spiro atoms. The van der Waals surface area contributed by atoms with Gasteiger partial charge in [0.15, 0.2) is 0 Å². The number of carboxylic acid groups (broad SMARTS) is 3. The molecule has 6 N–H and O–H groups in total. The van der Waals surface area contributed by atoms with E-state index in [2.05, 4.69) is 96.9 Å². The Morgan fingerprint density at radius 1 is 0.457 bits per heavy atom. The molecule has 0 aliphatic carbocycles. The van der Waals surface area contributed by atoms with Crippen LogP contribution in [0.2, 0.25) is 0 Å². The first-order chi connectivity index (χ1) is 21.0. The van der Waals surface area contributed by atoms with Crippen LogP contribution < -0.4 is 0 Å². The van der Waals surface area contributed by atoms with E-state index in [9.17, 15) is 14.4 Å². The second-order valence-electron chi connectivity index (χ2n) is 8.95. The van der Waals surface area contributed by atoms with Crippen molar-refractivity contribution in [2.75, 3.05) is 0 Å². The number of halogens is 6. The van der Waals surface area contributed by atoms with E-state index in [0.29, 0.717) is 19.3 Å². The molecule has 0 saturated heterocycles. The van der Waals surface area contributed by atoms with Gasteiger partial charge < -0.3 is 30.6 Å². The van der Waals surface area contributed by atoms with Gasteiger partial charge in [-0.15, -0.1) is 0 Å². The van der Waals surface area contributed by atoms with Crippen LogP contribution in [0.1, 0.15) is 16.7 Å². The Bertz CT molecular complexity index is 1190. The molecule has 1 radical (unpaired) electrons. The van der Waals surface area contributed by atoms with Crippen LogP contribution in [0.15, 0.2) is 72.8 Å². The van der Waals surface area contributed by atoms with Crippen molar-refractivity contribution >= 4 is 115 Å². The van der Waals surface area contributed by atoms with Gasteiger partial charge in [0, 0.05) is 136 Å². The van der Waals surface area contributed by atoms with Crippen molar-refractivity contribution < 1.29 is 65.1 Å². The number of hydrogen-bond donors (Lipinski definition) is 6. The summed E-state index contributed by atoms with van der Waals surface area (Å²) < 4.78 is 3.86. The van der Waals surface area contributed by atoms with Gasteiger partial charge >= 0.3 is 17.9 Å². The van der Waals surface area contributed by atoms with Gasteiger partial charge in [-0.2, -0.15) is 8.86 Å². The molecule has 0 unspecified atom stereocenters. The van der Waals surface area contributed by atoms with Crippen LogP contribution in [0.25, 0.3) is 0 Å². The van der Waals surface area contributed by atoms with E-state index < -0.39 is 36.0 Å². The third kappa shape index (κ3) is 17.9. The second-order valence-corrected chi connectivity index (χ2v) is 16.4. The zero-order valence-corrected chi connectivity index (χ0v) is 35.0. The van der Waals surface area contributed by atoms with Gasteiger partial charge in [-0.1, -0.05) is 36.4 Å². The first-order valence-electron chi connectivity index (χ1n) is 12.4. The van der Waals surface area contributed by atoms with Crippen molar-refractivity contribution in [1.29, 1.82) is 0 Å². The molecule has 3 atom stereocenters. The first-order valence-corrected chi connectivity index (χ1v) is 16.6. The maximum absolute atomic E-state index is 10.9. The van der Waals surface area contributed by atoms with Gasteiger partial charge in [-0.05, 0) is 53.1 Å². The van der Waals surface area contributed by atoms with E-state index in [1.165, 1.54) is 45.3 Å². The minimum absolute atomic E-state index is 0. The Balaban J connectivity index is 0.000000653. The predicted octanol–water partition coefficient (Wildman–Crippen LogP) is 6.93. The number of carbonyl (C=O) groups is 3. The Morgan fingerprint density at radius 3 is 0.761 bits per heavy atom. The zero-order valence-electron chi connectivity index (χ0n) is 23.1. The Morgan fingerprint density at radius 2 is 0.630 bits per heavy atom. The number of phenolic OH excluding ortho intramolecular Hbond substituents is 3. The number of hydrogen-bond acceptors (Lipinski definition) is 9. The molecule has 0 aliphatic rings. The monoisotopic (exact) mass is 1200 g/mol. The first kappa shape index (κ1) is 44.9. The van der Waals surface area contributed by atoms with Crippen molar-refractivity contribution in [3.05, 3.63) is 89.5 Å². The molecule has 0 amide bonds. The maximum atomic E-state index is 10.9. The second kappa shape index (κ2) is 23.3. The fourth-order valence-corrected chi connectivity index (χ4v) is 5.20. The molecule has 0 fully saturated rings. The van der Waals surface area contributed by atoms with E-state index in [4.69, 9.17) is 30.6 Å². The summed E-state index contributed by atoms with van der Waals surface area (Å²) in [6.45, 7) is 0. The summed E-state index contributed by atoms with van der Waals surface area (Å²) in [5.74, 6) is -2.30. The quantitative estimate of drug-likeness (QED) is 0.103. The Hall–Kier alpha value is -1.12. The molecule has 19 heteroatoms. The standard InChI is InChI=1S/3C9H9Br2NO3.Ir/c3*10-12(11)8(9(14)15)5-6-1-3-7(13)4-2-6;/h3*1-4,8,13H,5H2,(H,14,15);/t3*8-;/m000./s1. The van der Waals surface area contributed by atoms with E-state index >= 15 is 0 Å². The van der Waals surface area contributed by atoms with Crippen LogP contribution in [-0.2, 0) is 53.8 Å². The van der Waals surface area contributed by atoms with Gasteiger partial charge in [0.05, 0.1) is 0 Å². The van der Waals surface area contributed by atoms with Crippen LogP contribution in [0.4, 0.5) is 0 Å². The van der Waals surface area contributed by atoms with Crippen molar-refractivity contribution in [3.8, 4) is 17.2 Å². The van der Waals surface area contributed by atoms with Gasteiger partial charge in [0.25, 0.3) is 0 Å². The van der Waals surface area contributed by atoms with Gasteiger partial charge in [0.2, 0.25) is 0 Å². The molecule has 3 aromatic rings. The smallest absolute Gasteiger partial charge is 0.323 e. The minimum Gasteiger partial charge on any atom is -0.508 e. The molecule has 12 nitrogen and oxygen atoms in total. The molecule has 3 aromatic carbocycles. The van der Waals surface area contributed by atoms with Crippen LogP contribution in [0.3, 0.4) is 0 Å². The fourth-order valence-electron chi connectivity index (χ4n) is 3.29. The van der Waals surface area contributed by atoms with E-state index in [1.54, 1.807) is 36.4 Å². The van der Waals surface area contributed by atoms with E-state index in [0.717, 1.165) is 16.7 Å². The van der Waals surface area contributed by atoms with Crippen LogP contribution in [-0.4, -0.2) is 75.5 Å². The molecule has 255 valence electrons. The van der Waals surface area contributed by atoms with Crippen molar-refractivity contribution in [2.45, 2.75) is 37.4 Å². The SMILES string of the molecule is O=C(O)[C@H](Cc1ccc(O)cc1)N(Br)Br.O=C(O)[C@H](Cc1ccc(O)cc1)N(Br)Br.O=C(O)[C@H](Cc1ccc(O)cc1)N(Br)Br.[Ir]. The molecule has 0 bridgehead atoms. The summed E-state index contributed by atoms with van der Waals surface area (Å²) in [7, 11) is 0. The van der Waals surface area contributed by atoms with Gasteiger partial charge in [0.1, 0.15) is 35.4 Å². The van der Waals surface area contributed by atoms with Gasteiger partial charge in [-0.3, -0.25) is 14.4 Å². The number of carboxylic acids is 3. The number of aliphatic carboxylic acids is 3. The summed E-state index contributed by atoms with van der Waals surface area (Å²) in [6.07, 6.45) is 1.02. The third-order valence-corrected chi connectivity index (χ3v) is 8.62. The molecule has 0 saturated carbocycles. The predicted molar refractivity (Wildman–Crippen MR) is 189 cm³/mol. The molecule has 3 rings (SSSR count). The topological polar surface area (TPSA) is 182 Å².